The maximum atomic E-state index is 12.2. The first-order valence-electron chi connectivity index (χ1n) is 10.6. The van der Waals surface area contributed by atoms with Crippen LogP contribution < -0.4 is 11.1 Å². The van der Waals surface area contributed by atoms with E-state index in [-0.39, 0.29) is 30.7 Å². The number of rotatable bonds is 9. The molecule has 1 heterocycles. The Labute approximate surface area is 198 Å². The molecule has 0 bridgehead atoms. The fraction of sp³-hybridized carbons (Fsp3) is 0.458. The van der Waals surface area contributed by atoms with Crippen molar-refractivity contribution in [2.24, 2.45) is 5.73 Å². The highest BCUT2D eigenvalue weighted by molar-refractivity contribution is 5.85. The van der Waals surface area contributed by atoms with Gasteiger partial charge in [0.05, 0.1) is 6.10 Å². The average Bonchev–Trinajstić information content (AvgIpc) is 2.75. The molecule has 0 saturated carbocycles. The van der Waals surface area contributed by atoms with E-state index in [2.05, 4.69) is 40.5 Å². The normalized spacial score (nSPS) is 15.4. The second-order valence-corrected chi connectivity index (χ2v) is 7.86. The van der Waals surface area contributed by atoms with E-state index in [1.165, 1.54) is 5.56 Å². The number of nitrogens with one attached hydrogen (secondary N) is 1. The number of ether oxygens (including phenoxy) is 1. The van der Waals surface area contributed by atoms with Gasteiger partial charge in [-0.05, 0) is 37.3 Å². The predicted molar refractivity (Wildman–Crippen MR) is 131 cm³/mol. The lowest BCUT2D eigenvalue weighted by Gasteiger charge is -2.32. The zero-order chi connectivity index (χ0) is 20.5. The summed E-state index contributed by atoms with van der Waals surface area (Å²) >= 11 is 0. The molecule has 172 valence electrons. The number of aryl methyl sites for hydroxylation is 1. The van der Waals surface area contributed by atoms with Gasteiger partial charge in [-0.1, -0.05) is 60.2 Å². The molecule has 1 saturated heterocycles. The highest BCUT2D eigenvalue weighted by atomic mass is 35.5. The Hall–Kier alpha value is -1.63. The lowest BCUT2D eigenvalue weighted by Crippen LogP contribution is -2.37. The lowest BCUT2D eigenvalue weighted by atomic mass is 10.1. The Kier molecular flexibility index (Phi) is 12.8. The molecule has 3 N–H and O–H groups in total. The molecule has 2 aromatic carbocycles. The summed E-state index contributed by atoms with van der Waals surface area (Å²) in [4.78, 5) is 14.7. The number of halogens is 2. The summed E-state index contributed by atoms with van der Waals surface area (Å²) in [6.45, 7) is 6.43. The molecule has 0 radical (unpaired) electrons. The van der Waals surface area contributed by atoms with Crippen LogP contribution in [0.15, 0.2) is 54.6 Å². The number of benzene rings is 2. The van der Waals surface area contributed by atoms with Crippen molar-refractivity contribution < 1.29 is 9.53 Å². The van der Waals surface area contributed by atoms with Crippen molar-refractivity contribution in [2.75, 3.05) is 26.2 Å². The minimum Gasteiger partial charge on any atom is -0.378 e. The van der Waals surface area contributed by atoms with Crippen LogP contribution in [-0.2, 0) is 16.1 Å². The van der Waals surface area contributed by atoms with Gasteiger partial charge in [0, 0.05) is 32.8 Å². The summed E-state index contributed by atoms with van der Waals surface area (Å²) in [5.74, 6) is -0.136. The minimum atomic E-state index is -0.620. The molecule has 3 rings (SSSR count). The van der Waals surface area contributed by atoms with E-state index in [1.807, 2.05) is 31.2 Å². The highest BCUT2D eigenvalue weighted by Crippen LogP contribution is 2.16. The molecule has 1 fully saturated rings. The van der Waals surface area contributed by atoms with Crippen molar-refractivity contribution in [3.8, 4) is 0 Å². The van der Waals surface area contributed by atoms with Crippen molar-refractivity contribution in [1.29, 1.82) is 0 Å². The molecular formula is C24H35Cl2N3O2. The highest BCUT2D eigenvalue weighted by Gasteiger charge is 2.19. The first-order chi connectivity index (χ1) is 14.1. The standard InChI is InChI=1S/C24H33N3O2.2ClH/c1-19-8-10-21(11-9-19)23(25)24(28)26-14-5-17-29-22-12-15-27(16-13-22)18-20-6-3-2-4-7-20;;/h2-4,6-11,22-23H,5,12-18,25H2,1H3,(H,26,28);2*1H. The van der Waals surface area contributed by atoms with Gasteiger partial charge in [0.1, 0.15) is 6.04 Å². The molecule has 1 atom stereocenters. The lowest BCUT2D eigenvalue weighted by molar-refractivity contribution is -0.122. The third-order valence-corrected chi connectivity index (χ3v) is 5.48. The Bertz CT molecular complexity index is 751. The zero-order valence-electron chi connectivity index (χ0n) is 18.2. The van der Waals surface area contributed by atoms with Crippen LogP contribution in [0.25, 0.3) is 0 Å². The number of likely N-dealkylation sites (tertiary alicyclic amines) is 1. The fourth-order valence-electron chi connectivity index (χ4n) is 3.64. The molecule has 0 spiro atoms. The van der Waals surface area contributed by atoms with Crippen molar-refractivity contribution in [3.63, 3.8) is 0 Å². The monoisotopic (exact) mass is 467 g/mol. The Morgan fingerprint density at radius 2 is 1.74 bits per heavy atom. The smallest absolute Gasteiger partial charge is 0.241 e. The van der Waals surface area contributed by atoms with Crippen LogP contribution >= 0.6 is 24.8 Å². The van der Waals surface area contributed by atoms with Crippen LogP contribution in [0.4, 0.5) is 0 Å². The number of piperidine rings is 1. The Morgan fingerprint density at radius 3 is 2.39 bits per heavy atom. The molecule has 31 heavy (non-hydrogen) atoms. The predicted octanol–water partition coefficient (Wildman–Crippen LogP) is 4.03. The summed E-state index contributed by atoms with van der Waals surface area (Å²) in [7, 11) is 0. The fourth-order valence-corrected chi connectivity index (χ4v) is 3.64. The molecule has 7 heteroatoms. The summed E-state index contributed by atoms with van der Waals surface area (Å²) in [5.41, 5.74) is 9.40. The van der Waals surface area contributed by atoms with Gasteiger partial charge < -0.3 is 15.8 Å². The molecule has 0 aliphatic carbocycles. The number of nitrogens with two attached hydrogens (primary N) is 1. The molecule has 1 unspecified atom stereocenters. The van der Waals surface area contributed by atoms with E-state index in [0.717, 1.165) is 50.0 Å². The summed E-state index contributed by atoms with van der Waals surface area (Å²) < 4.78 is 6.01. The van der Waals surface area contributed by atoms with E-state index < -0.39 is 6.04 Å². The average molecular weight is 468 g/mol. The quantitative estimate of drug-likeness (QED) is 0.546. The van der Waals surface area contributed by atoms with Gasteiger partial charge in [0.2, 0.25) is 5.91 Å². The van der Waals surface area contributed by atoms with E-state index >= 15 is 0 Å². The van der Waals surface area contributed by atoms with Gasteiger partial charge in [-0.25, -0.2) is 0 Å². The molecule has 1 aliphatic heterocycles. The molecule has 0 aromatic heterocycles. The van der Waals surface area contributed by atoms with Crippen molar-refractivity contribution >= 4 is 30.7 Å². The van der Waals surface area contributed by atoms with Crippen molar-refractivity contribution in [1.82, 2.24) is 10.2 Å². The zero-order valence-corrected chi connectivity index (χ0v) is 19.8. The molecule has 2 aromatic rings. The number of hydrogen-bond donors (Lipinski definition) is 2. The largest absolute Gasteiger partial charge is 0.378 e. The Balaban J connectivity index is 0.00000240. The summed E-state index contributed by atoms with van der Waals surface area (Å²) in [6.07, 6.45) is 3.26. The topological polar surface area (TPSA) is 67.6 Å². The number of carbonyl (C=O) groups excluding carboxylic acids is 1. The van der Waals surface area contributed by atoms with Crippen molar-refractivity contribution in [3.05, 3.63) is 71.3 Å². The number of nitrogens with zero attached hydrogens (tertiary/aromatic N) is 1. The number of hydrogen-bond acceptors (Lipinski definition) is 4. The van der Waals surface area contributed by atoms with Gasteiger partial charge in [-0.3, -0.25) is 9.69 Å². The van der Waals surface area contributed by atoms with Crippen molar-refractivity contribution in [2.45, 2.75) is 44.9 Å². The van der Waals surface area contributed by atoms with E-state index in [0.29, 0.717) is 19.3 Å². The minimum absolute atomic E-state index is 0. The van der Waals surface area contributed by atoms with Crippen LogP contribution in [0.1, 0.15) is 42.0 Å². The van der Waals surface area contributed by atoms with Gasteiger partial charge in [0.15, 0.2) is 0 Å². The second-order valence-electron chi connectivity index (χ2n) is 7.86. The SMILES string of the molecule is Cc1ccc(C(N)C(=O)NCCCOC2CCN(Cc3ccccc3)CC2)cc1.Cl.Cl. The maximum Gasteiger partial charge on any atom is 0.241 e. The van der Waals surface area contributed by atoms with Crippen LogP contribution in [-0.4, -0.2) is 43.2 Å². The second kappa shape index (κ2) is 14.4. The number of carbonyl (C=O) groups is 1. The summed E-state index contributed by atoms with van der Waals surface area (Å²) in [5, 5.41) is 2.92. The summed E-state index contributed by atoms with van der Waals surface area (Å²) in [6, 6.07) is 17.8. The first kappa shape index (κ1) is 27.4. The molecule has 5 nitrogen and oxygen atoms in total. The molecular weight excluding hydrogens is 433 g/mol. The van der Waals surface area contributed by atoms with Gasteiger partial charge in [-0.2, -0.15) is 0 Å². The van der Waals surface area contributed by atoms with Crippen LogP contribution in [0.3, 0.4) is 0 Å². The van der Waals surface area contributed by atoms with E-state index in [9.17, 15) is 4.79 Å². The van der Waals surface area contributed by atoms with Gasteiger partial charge in [0.25, 0.3) is 0 Å². The maximum absolute atomic E-state index is 12.2. The van der Waals surface area contributed by atoms with Crippen LogP contribution in [0, 0.1) is 6.92 Å². The third-order valence-electron chi connectivity index (χ3n) is 5.48. The van der Waals surface area contributed by atoms with E-state index in [4.69, 9.17) is 10.5 Å². The molecule has 1 aliphatic rings. The van der Waals surface area contributed by atoms with Crippen LogP contribution in [0.5, 0.6) is 0 Å². The third kappa shape index (κ3) is 9.17. The first-order valence-corrected chi connectivity index (χ1v) is 10.6. The van der Waals surface area contributed by atoms with Gasteiger partial charge >= 0.3 is 0 Å². The van der Waals surface area contributed by atoms with Gasteiger partial charge in [-0.15, -0.1) is 24.8 Å². The number of amides is 1. The molecule has 1 amide bonds. The van der Waals surface area contributed by atoms with Crippen LogP contribution in [0.2, 0.25) is 0 Å². The van der Waals surface area contributed by atoms with E-state index in [1.54, 1.807) is 0 Å². The Morgan fingerprint density at radius 1 is 1.10 bits per heavy atom.